The second kappa shape index (κ2) is 6.60. The first-order chi connectivity index (χ1) is 11.1. The Balaban J connectivity index is 1.92. The third-order valence-corrected chi connectivity index (χ3v) is 4.53. The van der Waals surface area contributed by atoms with Crippen LogP contribution >= 0.6 is 11.6 Å². The van der Waals surface area contributed by atoms with E-state index in [4.69, 9.17) is 22.1 Å². The third kappa shape index (κ3) is 3.33. The molecule has 0 bridgehead atoms. The highest BCUT2D eigenvalue weighted by atomic mass is 35.5. The first kappa shape index (κ1) is 15.8. The topological polar surface area (TPSA) is 55.6 Å². The van der Waals surface area contributed by atoms with Crippen molar-refractivity contribution in [3.8, 4) is 5.75 Å². The van der Waals surface area contributed by atoms with E-state index in [0.717, 1.165) is 11.3 Å². The second-order valence-electron chi connectivity index (χ2n) is 5.75. The molecule has 0 radical (unpaired) electrons. The summed E-state index contributed by atoms with van der Waals surface area (Å²) in [7, 11) is 1.63. The van der Waals surface area contributed by atoms with Crippen LogP contribution in [0.1, 0.15) is 16.7 Å². The fourth-order valence-corrected chi connectivity index (χ4v) is 3.31. The normalized spacial score (nSPS) is 17.6. The number of benzene rings is 2. The van der Waals surface area contributed by atoms with Gasteiger partial charge in [0.05, 0.1) is 13.2 Å². The SMILES string of the molecule is COc1ccc(Cl)cc1CN1Cc2ccccc2CC1C(N)=O. The minimum absolute atomic E-state index is 0.305. The summed E-state index contributed by atoms with van der Waals surface area (Å²) in [5.74, 6) is 0.456. The van der Waals surface area contributed by atoms with Gasteiger partial charge in [-0.05, 0) is 35.7 Å². The van der Waals surface area contributed by atoms with Crippen molar-refractivity contribution in [3.05, 3.63) is 64.2 Å². The molecular weight excluding hydrogens is 312 g/mol. The van der Waals surface area contributed by atoms with Crippen molar-refractivity contribution in [2.45, 2.75) is 25.6 Å². The summed E-state index contributed by atoms with van der Waals surface area (Å²) >= 11 is 6.11. The molecule has 0 spiro atoms. The lowest BCUT2D eigenvalue weighted by Crippen LogP contribution is -2.48. The van der Waals surface area contributed by atoms with E-state index in [-0.39, 0.29) is 11.9 Å². The molecule has 3 rings (SSSR count). The van der Waals surface area contributed by atoms with Gasteiger partial charge in [0, 0.05) is 23.7 Å². The van der Waals surface area contributed by atoms with E-state index in [1.165, 1.54) is 11.1 Å². The van der Waals surface area contributed by atoms with E-state index in [1.54, 1.807) is 13.2 Å². The Labute approximate surface area is 140 Å². The summed E-state index contributed by atoms with van der Waals surface area (Å²) in [6.07, 6.45) is 0.633. The van der Waals surface area contributed by atoms with Gasteiger partial charge in [0.1, 0.15) is 5.75 Å². The molecule has 0 saturated carbocycles. The van der Waals surface area contributed by atoms with Crippen molar-refractivity contribution in [2.75, 3.05) is 7.11 Å². The highest BCUT2D eigenvalue weighted by Crippen LogP contribution is 2.29. The molecule has 1 unspecified atom stereocenters. The number of carbonyl (C=O) groups excluding carboxylic acids is 1. The Kier molecular flexibility index (Phi) is 4.55. The van der Waals surface area contributed by atoms with Gasteiger partial charge in [-0.15, -0.1) is 0 Å². The zero-order chi connectivity index (χ0) is 16.4. The van der Waals surface area contributed by atoms with Crippen LogP contribution in [0.15, 0.2) is 42.5 Å². The van der Waals surface area contributed by atoms with Crippen molar-refractivity contribution in [2.24, 2.45) is 5.73 Å². The standard InChI is InChI=1S/C18H19ClN2O2/c1-23-17-7-6-15(19)8-14(17)11-21-10-13-5-3-2-4-12(13)9-16(21)18(20)22/h2-8,16H,9-11H2,1H3,(H2,20,22). The number of hydrogen-bond donors (Lipinski definition) is 1. The van der Waals surface area contributed by atoms with Gasteiger partial charge in [-0.2, -0.15) is 0 Å². The van der Waals surface area contributed by atoms with Crippen molar-refractivity contribution in [1.82, 2.24) is 4.90 Å². The lowest BCUT2D eigenvalue weighted by Gasteiger charge is -2.35. The summed E-state index contributed by atoms with van der Waals surface area (Å²) in [5.41, 5.74) is 8.99. The predicted molar refractivity (Wildman–Crippen MR) is 90.4 cm³/mol. The average molecular weight is 331 g/mol. The Morgan fingerprint density at radius 3 is 2.74 bits per heavy atom. The Morgan fingerprint density at radius 1 is 1.30 bits per heavy atom. The van der Waals surface area contributed by atoms with Crippen LogP contribution in [0.3, 0.4) is 0 Å². The van der Waals surface area contributed by atoms with Gasteiger partial charge in [0.25, 0.3) is 0 Å². The maximum absolute atomic E-state index is 11.9. The molecule has 5 heteroatoms. The van der Waals surface area contributed by atoms with Crippen molar-refractivity contribution in [3.63, 3.8) is 0 Å². The molecule has 2 aromatic rings. The molecule has 23 heavy (non-hydrogen) atoms. The quantitative estimate of drug-likeness (QED) is 0.937. The molecule has 1 aliphatic heterocycles. The monoisotopic (exact) mass is 330 g/mol. The molecular formula is C18H19ClN2O2. The lowest BCUT2D eigenvalue weighted by atomic mass is 9.93. The maximum atomic E-state index is 11.9. The molecule has 0 aliphatic carbocycles. The molecule has 0 fully saturated rings. The van der Waals surface area contributed by atoms with Crippen LogP contribution in [0.4, 0.5) is 0 Å². The fourth-order valence-electron chi connectivity index (χ4n) is 3.11. The minimum atomic E-state index is -0.325. The van der Waals surface area contributed by atoms with Crippen molar-refractivity contribution in [1.29, 1.82) is 0 Å². The van der Waals surface area contributed by atoms with Gasteiger partial charge in [-0.3, -0.25) is 9.69 Å². The number of carbonyl (C=O) groups is 1. The van der Waals surface area contributed by atoms with Gasteiger partial charge in [-0.1, -0.05) is 35.9 Å². The number of primary amides is 1. The number of ether oxygens (including phenoxy) is 1. The van der Waals surface area contributed by atoms with Crippen LogP contribution in [0.5, 0.6) is 5.75 Å². The summed E-state index contributed by atoms with van der Waals surface area (Å²) in [4.78, 5) is 14.0. The van der Waals surface area contributed by atoms with Gasteiger partial charge in [0.15, 0.2) is 0 Å². The molecule has 0 aromatic heterocycles. The molecule has 0 saturated heterocycles. The van der Waals surface area contributed by atoms with Gasteiger partial charge in [-0.25, -0.2) is 0 Å². The van der Waals surface area contributed by atoms with E-state index in [2.05, 4.69) is 17.0 Å². The highest BCUT2D eigenvalue weighted by molar-refractivity contribution is 6.30. The van der Waals surface area contributed by atoms with Crippen molar-refractivity contribution >= 4 is 17.5 Å². The molecule has 1 amide bonds. The van der Waals surface area contributed by atoms with E-state index >= 15 is 0 Å². The van der Waals surface area contributed by atoms with Gasteiger partial charge in [0.2, 0.25) is 5.91 Å². The molecule has 2 N–H and O–H groups in total. The molecule has 1 aliphatic rings. The average Bonchev–Trinajstić information content (AvgIpc) is 2.54. The number of nitrogens with zero attached hydrogens (tertiary/aromatic N) is 1. The van der Waals surface area contributed by atoms with Crippen LogP contribution in [-0.4, -0.2) is 24.0 Å². The number of nitrogens with two attached hydrogens (primary N) is 1. The summed E-state index contributed by atoms with van der Waals surface area (Å²) < 4.78 is 5.41. The molecule has 120 valence electrons. The van der Waals surface area contributed by atoms with Crippen molar-refractivity contribution < 1.29 is 9.53 Å². The van der Waals surface area contributed by atoms with Crippen LogP contribution in [-0.2, 0) is 24.3 Å². The lowest BCUT2D eigenvalue weighted by molar-refractivity contribution is -0.124. The Hall–Kier alpha value is -2.04. The Morgan fingerprint density at radius 2 is 2.04 bits per heavy atom. The fraction of sp³-hybridized carbons (Fsp3) is 0.278. The smallest absolute Gasteiger partial charge is 0.235 e. The molecule has 1 heterocycles. The zero-order valence-corrected chi connectivity index (χ0v) is 13.7. The Bertz CT molecular complexity index is 733. The van der Waals surface area contributed by atoms with E-state index in [9.17, 15) is 4.79 Å². The first-order valence-electron chi connectivity index (χ1n) is 7.51. The molecule has 4 nitrogen and oxygen atoms in total. The number of halogens is 1. The number of amides is 1. The van der Waals surface area contributed by atoms with Crippen LogP contribution in [0.25, 0.3) is 0 Å². The molecule has 1 atom stereocenters. The number of fused-ring (bicyclic) bond motifs is 1. The third-order valence-electron chi connectivity index (χ3n) is 4.29. The van der Waals surface area contributed by atoms with E-state index in [0.29, 0.717) is 24.5 Å². The van der Waals surface area contributed by atoms with Gasteiger partial charge >= 0.3 is 0 Å². The predicted octanol–water partition coefficient (Wildman–Crippen LogP) is 2.76. The zero-order valence-electron chi connectivity index (χ0n) is 13.0. The summed E-state index contributed by atoms with van der Waals surface area (Å²) in [5, 5.41) is 0.647. The summed E-state index contributed by atoms with van der Waals surface area (Å²) in [6, 6.07) is 13.3. The summed E-state index contributed by atoms with van der Waals surface area (Å²) in [6.45, 7) is 1.24. The van der Waals surface area contributed by atoms with Crippen LogP contribution in [0, 0.1) is 0 Å². The van der Waals surface area contributed by atoms with E-state index in [1.807, 2.05) is 24.3 Å². The van der Waals surface area contributed by atoms with Crippen LogP contribution < -0.4 is 10.5 Å². The molecule has 2 aromatic carbocycles. The van der Waals surface area contributed by atoms with E-state index < -0.39 is 0 Å². The second-order valence-corrected chi connectivity index (χ2v) is 6.19. The number of methoxy groups -OCH3 is 1. The first-order valence-corrected chi connectivity index (χ1v) is 7.89. The number of hydrogen-bond acceptors (Lipinski definition) is 3. The minimum Gasteiger partial charge on any atom is -0.496 e. The maximum Gasteiger partial charge on any atom is 0.235 e. The van der Waals surface area contributed by atoms with Gasteiger partial charge < -0.3 is 10.5 Å². The highest BCUT2D eigenvalue weighted by Gasteiger charge is 2.30. The number of rotatable bonds is 4. The van der Waals surface area contributed by atoms with Crippen LogP contribution in [0.2, 0.25) is 5.02 Å². The largest absolute Gasteiger partial charge is 0.496 e.